The van der Waals surface area contributed by atoms with Crippen LogP contribution in [-0.4, -0.2) is 60.1 Å². The van der Waals surface area contributed by atoms with Crippen molar-refractivity contribution in [2.75, 3.05) is 33.3 Å². The topological polar surface area (TPSA) is 70.1 Å². The second kappa shape index (κ2) is 7.41. The van der Waals surface area contributed by atoms with Crippen LogP contribution in [0, 0.1) is 5.82 Å². The molecule has 7 heteroatoms. The molecular weight excluding hydrogens is 303 g/mol. The highest BCUT2D eigenvalue weighted by Crippen LogP contribution is 2.28. The zero-order valence-electron chi connectivity index (χ0n) is 13.3. The van der Waals surface area contributed by atoms with Gasteiger partial charge in [-0.15, -0.1) is 0 Å². The lowest BCUT2D eigenvalue weighted by Crippen LogP contribution is -2.38. The molecule has 0 saturated carbocycles. The average Bonchev–Trinajstić information content (AvgIpc) is 2.75. The summed E-state index contributed by atoms with van der Waals surface area (Å²) in [4.78, 5) is 26.6. The number of amides is 1. The van der Waals surface area contributed by atoms with Crippen LogP contribution < -0.4 is 4.74 Å². The van der Waals surface area contributed by atoms with E-state index in [2.05, 4.69) is 0 Å². The molecular formula is C16H21FN2O4. The summed E-state index contributed by atoms with van der Waals surface area (Å²) in [6, 6.07) is 2.99. The first kappa shape index (κ1) is 17.2. The third kappa shape index (κ3) is 3.98. The predicted molar refractivity (Wildman–Crippen MR) is 81.8 cm³/mol. The van der Waals surface area contributed by atoms with Crippen LogP contribution in [0.25, 0.3) is 0 Å². The first-order valence-corrected chi connectivity index (χ1v) is 7.50. The fraction of sp³-hybridized carbons (Fsp3) is 0.500. The first-order valence-electron chi connectivity index (χ1n) is 7.50. The van der Waals surface area contributed by atoms with Crippen LogP contribution in [0.2, 0.25) is 0 Å². The third-order valence-corrected chi connectivity index (χ3v) is 4.07. The van der Waals surface area contributed by atoms with Crippen molar-refractivity contribution in [1.29, 1.82) is 0 Å². The van der Waals surface area contributed by atoms with Gasteiger partial charge in [-0.3, -0.25) is 14.5 Å². The molecule has 1 amide bonds. The molecule has 0 radical (unpaired) electrons. The predicted octanol–water partition coefficient (Wildman–Crippen LogP) is 1.51. The van der Waals surface area contributed by atoms with E-state index in [4.69, 9.17) is 4.74 Å². The highest BCUT2D eigenvalue weighted by molar-refractivity contribution is 5.76. The fourth-order valence-electron chi connectivity index (χ4n) is 2.85. The molecule has 1 fully saturated rings. The standard InChI is InChI=1S/C16H21FN2O4/c1-11(20)18-6-3-7-19(9-8-18)15(16(21)22)13-10-12(23-2)4-5-14(13)17/h4-5,10,15H,3,6-9H2,1-2H3,(H,21,22). The Balaban J connectivity index is 2.28. The minimum Gasteiger partial charge on any atom is -0.497 e. The van der Waals surface area contributed by atoms with Crippen LogP contribution in [0.3, 0.4) is 0 Å². The van der Waals surface area contributed by atoms with Gasteiger partial charge >= 0.3 is 5.97 Å². The minimum atomic E-state index is -1.12. The monoisotopic (exact) mass is 324 g/mol. The van der Waals surface area contributed by atoms with E-state index >= 15 is 0 Å². The van der Waals surface area contributed by atoms with Crippen molar-refractivity contribution >= 4 is 11.9 Å². The zero-order chi connectivity index (χ0) is 17.0. The maximum absolute atomic E-state index is 14.2. The van der Waals surface area contributed by atoms with Gasteiger partial charge in [0.25, 0.3) is 0 Å². The number of hydrogen-bond acceptors (Lipinski definition) is 4. The molecule has 1 aromatic rings. The van der Waals surface area contributed by atoms with E-state index in [1.54, 1.807) is 9.80 Å². The molecule has 23 heavy (non-hydrogen) atoms. The number of benzene rings is 1. The molecule has 1 heterocycles. The summed E-state index contributed by atoms with van der Waals surface area (Å²) in [5, 5.41) is 9.60. The third-order valence-electron chi connectivity index (χ3n) is 4.07. The van der Waals surface area contributed by atoms with Crippen LogP contribution >= 0.6 is 0 Å². The van der Waals surface area contributed by atoms with Crippen molar-refractivity contribution in [3.8, 4) is 5.75 Å². The van der Waals surface area contributed by atoms with Gasteiger partial charge in [0.05, 0.1) is 7.11 Å². The molecule has 1 saturated heterocycles. The van der Waals surface area contributed by atoms with E-state index in [0.717, 1.165) is 0 Å². The summed E-state index contributed by atoms with van der Waals surface area (Å²) in [5.41, 5.74) is 0.0770. The van der Waals surface area contributed by atoms with Crippen molar-refractivity contribution < 1.29 is 23.8 Å². The van der Waals surface area contributed by atoms with Crippen molar-refractivity contribution in [1.82, 2.24) is 9.80 Å². The highest BCUT2D eigenvalue weighted by atomic mass is 19.1. The summed E-state index contributed by atoms with van der Waals surface area (Å²) >= 11 is 0. The number of ether oxygens (including phenoxy) is 1. The van der Waals surface area contributed by atoms with Crippen LogP contribution in [-0.2, 0) is 9.59 Å². The molecule has 0 spiro atoms. The number of hydrogen-bond donors (Lipinski definition) is 1. The SMILES string of the molecule is COc1ccc(F)c(C(C(=O)O)N2CCCN(C(C)=O)CC2)c1. The number of rotatable bonds is 4. The Labute approximate surface area is 134 Å². The molecule has 2 rings (SSSR count). The fourth-order valence-corrected chi connectivity index (χ4v) is 2.85. The Morgan fingerprint density at radius 3 is 2.61 bits per heavy atom. The molecule has 0 bridgehead atoms. The summed E-state index contributed by atoms with van der Waals surface area (Å²) in [7, 11) is 1.45. The molecule has 6 nitrogen and oxygen atoms in total. The molecule has 1 N–H and O–H groups in total. The number of halogens is 1. The Hall–Kier alpha value is -2.15. The molecule has 1 aliphatic heterocycles. The van der Waals surface area contributed by atoms with Gasteiger partial charge in [0.1, 0.15) is 17.6 Å². The Kier molecular flexibility index (Phi) is 5.54. The van der Waals surface area contributed by atoms with E-state index < -0.39 is 17.8 Å². The lowest BCUT2D eigenvalue weighted by Gasteiger charge is -2.28. The van der Waals surface area contributed by atoms with Gasteiger partial charge in [-0.05, 0) is 24.6 Å². The number of aliphatic carboxylic acids is 1. The molecule has 0 aliphatic carbocycles. The van der Waals surface area contributed by atoms with Crippen molar-refractivity contribution in [2.45, 2.75) is 19.4 Å². The maximum atomic E-state index is 14.2. The Bertz CT molecular complexity index is 593. The summed E-state index contributed by atoms with van der Waals surface area (Å²) in [5.74, 6) is -1.32. The number of carboxylic acids is 1. The lowest BCUT2D eigenvalue weighted by molar-refractivity contribution is -0.143. The van der Waals surface area contributed by atoms with E-state index in [9.17, 15) is 19.1 Å². The van der Waals surface area contributed by atoms with Crippen LogP contribution in [0.4, 0.5) is 4.39 Å². The van der Waals surface area contributed by atoms with E-state index in [1.807, 2.05) is 0 Å². The van der Waals surface area contributed by atoms with Crippen LogP contribution in [0.1, 0.15) is 24.9 Å². The van der Waals surface area contributed by atoms with Crippen molar-refractivity contribution in [2.24, 2.45) is 0 Å². The van der Waals surface area contributed by atoms with Gasteiger partial charge in [-0.25, -0.2) is 4.39 Å². The molecule has 126 valence electrons. The van der Waals surface area contributed by atoms with Crippen molar-refractivity contribution in [3.05, 3.63) is 29.6 Å². The largest absolute Gasteiger partial charge is 0.497 e. The average molecular weight is 324 g/mol. The second-order valence-corrected chi connectivity index (χ2v) is 5.52. The van der Waals surface area contributed by atoms with Crippen molar-refractivity contribution in [3.63, 3.8) is 0 Å². The highest BCUT2D eigenvalue weighted by Gasteiger charge is 2.31. The zero-order valence-corrected chi connectivity index (χ0v) is 13.3. The molecule has 0 aromatic heterocycles. The number of carbonyl (C=O) groups excluding carboxylic acids is 1. The van der Waals surface area contributed by atoms with E-state index in [1.165, 1.54) is 32.2 Å². The normalized spacial score (nSPS) is 17.4. The summed E-state index contributed by atoms with van der Waals surface area (Å²) in [6.45, 7) is 3.38. The van der Waals surface area contributed by atoms with E-state index in [-0.39, 0.29) is 11.5 Å². The van der Waals surface area contributed by atoms with Gasteiger partial charge in [0.2, 0.25) is 5.91 Å². The quantitative estimate of drug-likeness (QED) is 0.909. The first-order chi connectivity index (χ1) is 10.9. The van der Waals surface area contributed by atoms with Gasteiger partial charge in [-0.2, -0.15) is 0 Å². The molecule has 1 aromatic carbocycles. The van der Waals surface area contributed by atoms with Gasteiger partial charge in [0, 0.05) is 38.7 Å². The summed E-state index contributed by atoms with van der Waals surface area (Å²) in [6.07, 6.45) is 0.648. The van der Waals surface area contributed by atoms with Gasteiger partial charge in [-0.1, -0.05) is 0 Å². The number of methoxy groups -OCH3 is 1. The van der Waals surface area contributed by atoms with E-state index in [0.29, 0.717) is 38.3 Å². The second-order valence-electron chi connectivity index (χ2n) is 5.52. The molecule has 1 aliphatic rings. The Morgan fingerprint density at radius 1 is 1.26 bits per heavy atom. The Morgan fingerprint density at radius 2 is 2.00 bits per heavy atom. The maximum Gasteiger partial charge on any atom is 0.325 e. The van der Waals surface area contributed by atoms with Crippen LogP contribution in [0.15, 0.2) is 18.2 Å². The summed E-state index contributed by atoms with van der Waals surface area (Å²) < 4.78 is 19.2. The number of nitrogens with zero attached hydrogens (tertiary/aromatic N) is 2. The van der Waals surface area contributed by atoms with Gasteiger partial charge < -0.3 is 14.7 Å². The number of carboxylic acid groups (broad SMARTS) is 1. The molecule has 1 unspecified atom stereocenters. The minimum absolute atomic E-state index is 0.0358. The number of carbonyl (C=O) groups is 2. The van der Waals surface area contributed by atoms with Gasteiger partial charge in [0.15, 0.2) is 0 Å². The smallest absolute Gasteiger partial charge is 0.325 e. The lowest BCUT2D eigenvalue weighted by atomic mass is 10.0. The van der Waals surface area contributed by atoms with Crippen LogP contribution in [0.5, 0.6) is 5.75 Å². The molecule has 1 atom stereocenters.